The van der Waals surface area contributed by atoms with Crippen LogP contribution in [0.15, 0.2) is 52.3 Å². The number of carbonyl (C=O) groups excluding carboxylic acids is 1. The SMILES string of the molecule is CSc1ccc2nc(N(CCN3CCOCC3)C(=O)CCCS(=O)(=O)c3ccc(F)cc3)sc2c1. The van der Waals surface area contributed by atoms with Gasteiger partial charge in [0.2, 0.25) is 5.91 Å². The van der Waals surface area contributed by atoms with Crippen molar-refractivity contribution in [2.75, 3.05) is 56.3 Å². The quantitative estimate of drug-likeness (QED) is 0.285. The average Bonchev–Trinajstić information content (AvgIpc) is 3.28. The number of amides is 1. The van der Waals surface area contributed by atoms with Crippen LogP contribution in [0, 0.1) is 5.82 Å². The van der Waals surface area contributed by atoms with Crippen molar-refractivity contribution < 1.29 is 22.3 Å². The van der Waals surface area contributed by atoms with E-state index in [1.54, 1.807) is 16.7 Å². The number of halogens is 1. The third-order valence-electron chi connectivity index (χ3n) is 5.84. The van der Waals surface area contributed by atoms with Gasteiger partial charge < -0.3 is 4.74 Å². The Morgan fingerprint density at radius 1 is 1.20 bits per heavy atom. The van der Waals surface area contributed by atoms with E-state index >= 15 is 0 Å². The molecule has 1 aliphatic rings. The summed E-state index contributed by atoms with van der Waals surface area (Å²) < 4.78 is 44.8. The van der Waals surface area contributed by atoms with E-state index < -0.39 is 15.7 Å². The van der Waals surface area contributed by atoms with Crippen LogP contribution in [0.4, 0.5) is 9.52 Å². The van der Waals surface area contributed by atoms with Gasteiger partial charge in [-0.1, -0.05) is 11.3 Å². The van der Waals surface area contributed by atoms with Crippen molar-refractivity contribution in [3.63, 3.8) is 0 Å². The molecule has 2 aromatic carbocycles. The van der Waals surface area contributed by atoms with E-state index in [1.807, 2.05) is 18.4 Å². The van der Waals surface area contributed by atoms with Gasteiger partial charge in [0, 0.05) is 37.5 Å². The number of sulfone groups is 1. The van der Waals surface area contributed by atoms with Gasteiger partial charge in [-0.3, -0.25) is 14.6 Å². The first kappa shape index (κ1) is 26.0. The maximum atomic E-state index is 13.3. The number of hydrogen-bond donors (Lipinski definition) is 0. The summed E-state index contributed by atoms with van der Waals surface area (Å²) in [4.78, 5) is 23.1. The number of rotatable bonds is 10. The highest BCUT2D eigenvalue weighted by molar-refractivity contribution is 7.98. The highest BCUT2D eigenvalue weighted by atomic mass is 32.2. The number of ether oxygens (including phenoxy) is 1. The second-order valence-electron chi connectivity index (χ2n) is 8.21. The van der Waals surface area contributed by atoms with Crippen molar-refractivity contribution in [1.29, 1.82) is 0 Å². The lowest BCUT2D eigenvalue weighted by molar-refractivity contribution is -0.118. The summed E-state index contributed by atoms with van der Waals surface area (Å²) in [6.45, 7) is 4.14. The van der Waals surface area contributed by atoms with E-state index in [9.17, 15) is 17.6 Å². The van der Waals surface area contributed by atoms with Crippen LogP contribution < -0.4 is 4.90 Å². The molecule has 0 saturated carbocycles. The number of nitrogens with zero attached hydrogens (tertiary/aromatic N) is 3. The van der Waals surface area contributed by atoms with Crippen LogP contribution in [-0.2, 0) is 19.4 Å². The number of hydrogen-bond acceptors (Lipinski definition) is 8. The Hall–Kier alpha value is -2.05. The fourth-order valence-corrected chi connectivity index (χ4v) is 6.71. The van der Waals surface area contributed by atoms with E-state index in [1.165, 1.54) is 23.5 Å². The van der Waals surface area contributed by atoms with Gasteiger partial charge in [-0.2, -0.15) is 0 Å². The highest BCUT2D eigenvalue weighted by Gasteiger charge is 2.23. The van der Waals surface area contributed by atoms with Crippen LogP contribution in [0.25, 0.3) is 10.2 Å². The second-order valence-corrected chi connectivity index (χ2v) is 12.2. The minimum atomic E-state index is -3.60. The van der Waals surface area contributed by atoms with Crippen LogP contribution >= 0.6 is 23.1 Å². The summed E-state index contributed by atoms with van der Waals surface area (Å²) in [6, 6.07) is 10.8. The van der Waals surface area contributed by atoms with E-state index in [2.05, 4.69) is 11.0 Å². The van der Waals surface area contributed by atoms with Gasteiger partial charge in [0.15, 0.2) is 15.0 Å². The van der Waals surface area contributed by atoms with Crippen LogP contribution in [0.2, 0.25) is 0 Å². The Bertz CT molecular complexity index is 1260. The van der Waals surface area contributed by atoms with Crippen molar-refractivity contribution in [3.8, 4) is 0 Å². The molecule has 1 fully saturated rings. The summed E-state index contributed by atoms with van der Waals surface area (Å²) in [5.41, 5.74) is 0.839. The first-order chi connectivity index (χ1) is 16.9. The van der Waals surface area contributed by atoms with Gasteiger partial charge in [0.25, 0.3) is 0 Å². The van der Waals surface area contributed by atoms with Crippen LogP contribution in [0.1, 0.15) is 12.8 Å². The molecule has 0 unspecified atom stereocenters. The molecule has 0 radical (unpaired) electrons. The fraction of sp³-hybridized carbons (Fsp3) is 0.417. The summed E-state index contributed by atoms with van der Waals surface area (Å²) in [6.07, 6.45) is 2.27. The molecule has 4 rings (SSSR count). The van der Waals surface area contributed by atoms with Gasteiger partial charge in [0.1, 0.15) is 5.82 Å². The Morgan fingerprint density at radius 2 is 1.94 bits per heavy atom. The molecule has 2 heterocycles. The third kappa shape index (κ3) is 6.79. The van der Waals surface area contributed by atoms with Crippen molar-refractivity contribution in [2.24, 2.45) is 0 Å². The predicted octanol–water partition coefficient (Wildman–Crippen LogP) is 4.08. The summed E-state index contributed by atoms with van der Waals surface area (Å²) >= 11 is 3.12. The number of thiazole rings is 1. The lowest BCUT2D eigenvalue weighted by Gasteiger charge is -2.29. The zero-order valence-electron chi connectivity index (χ0n) is 19.5. The number of benzene rings is 2. The molecule has 0 spiro atoms. The maximum Gasteiger partial charge on any atom is 0.228 e. The molecule has 11 heteroatoms. The Morgan fingerprint density at radius 3 is 2.66 bits per heavy atom. The molecule has 1 amide bonds. The Labute approximate surface area is 213 Å². The number of carbonyl (C=O) groups is 1. The normalized spacial score (nSPS) is 14.9. The molecule has 0 aliphatic carbocycles. The van der Waals surface area contributed by atoms with Crippen LogP contribution in [0.3, 0.4) is 0 Å². The van der Waals surface area contributed by atoms with Gasteiger partial charge in [0.05, 0.1) is 34.1 Å². The molecule has 1 aromatic heterocycles. The van der Waals surface area contributed by atoms with Crippen molar-refractivity contribution in [2.45, 2.75) is 22.6 Å². The number of morpholine rings is 1. The summed E-state index contributed by atoms with van der Waals surface area (Å²) in [5, 5.41) is 0.623. The topological polar surface area (TPSA) is 79.8 Å². The van der Waals surface area contributed by atoms with Crippen LogP contribution in [-0.4, -0.2) is 75.6 Å². The molecular formula is C24H28FN3O4S3. The number of anilines is 1. The standard InChI is InChI=1S/C24H28FN3O4S3/c1-33-19-6-9-21-22(17-19)34-24(26-21)28(11-10-27-12-14-32-15-13-27)23(29)3-2-16-35(30,31)20-7-4-18(25)5-8-20/h4-9,17H,2-3,10-16H2,1H3. The predicted molar refractivity (Wildman–Crippen MR) is 139 cm³/mol. The molecule has 35 heavy (non-hydrogen) atoms. The molecule has 188 valence electrons. The first-order valence-electron chi connectivity index (χ1n) is 11.4. The zero-order chi connectivity index (χ0) is 24.8. The largest absolute Gasteiger partial charge is 0.379 e. The lowest BCUT2D eigenvalue weighted by atomic mass is 10.3. The van der Waals surface area contributed by atoms with Gasteiger partial charge in [-0.05, 0) is 55.1 Å². The fourth-order valence-electron chi connectivity index (χ4n) is 3.84. The summed E-state index contributed by atoms with van der Waals surface area (Å²) in [5.74, 6) is -0.828. The molecule has 7 nitrogen and oxygen atoms in total. The second kappa shape index (κ2) is 11.8. The first-order valence-corrected chi connectivity index (χ1v) is 15.1. The molecule has 0 N–H and O–H groups in total. The van der Waals surface area contributed by atoms with Crippen LogP contribution in [0.5, 0.6) is 0 Å². The molecule has 0 atom stereocenters. The smallest absolute Gasteiger partial charge is 0.228 e. The minimum Gasteiger partial charge on any atom is -0.379 e. The summed E-state index contributed by atoms with van der Waals surface area (Å²) in [7, 11) is -3.60. The molecule has 1 saturated heterocycles. The number of fused-ring (bicyclic) bond motifs is 1. The lowest BCUT2D eigenvalue weighted by Crippen LogP contribution is -2.43. The Kier molecular flexibility index (Phi) is 8.77. The number of thioether (sulfide) groups is 1. The van der Waals surface area contributed by atoms with Crippen molar-refractivity contribution in [1.82, 2.24) is 9.88 Å². The van der Waals surface area contributed by atoms with Gasteiger partial charge in [-0.25, -0.2) is 17.8 Å². The average molecular weight is 538 g/mol. The Balaban J connectivity index is 1.46. The van der Waals surface area contributed by atoms with E-state index in [4.69, 9.17) is 9.72 Å². The number of aromatic nitrogens is 1. The molecule has 1 aliphatic heterocycles. The molecular weight excluding hydrogens is 509 g/mol. The minimum absolute atomic E-state index is 0.0614. The third-order valence-corrected chi connectivity index (χ3v) is 9.42. The van der Waals surface area contributed by atoms with Gasteiger partial charge >= 0.3 is 0 Å². The van der Waals surface area contributed by atoms with Crippen molar-refractivity contribution in [3.05, 3.63) is 48.3 Å². The maximum absolute atomic E-state index is 13.3. The monoisotopic (exact) mass is 537 g/mol. The molecule has 0 bridgehead atoms. The van der Waals surface area contributed by atoms with E-state index in [0.717, 1.165) is 40.3 Å². The highest BCUT2D eigenvalue weighted by Crippen LogP contribution is 2.32. The zero-order valence-corrected chi connectivity index (χ0v) is 21.9. The molecule has 3 aromatic rings. The van der Waals surface area contributed by atoms with Crippen molar-refractivity contribution >= 4 is 54.2 Å². The van der Waals surface area contributed by atoms with E-state index in [0.29, 0.717) is 31.4 Å². The van der Waals surface area contributed by atoms with E-state index in [-0.39, 0.29) is 29.4 Å². The van der Waals surface area contributed by atoms with Gasteiger partial charge in [-0.15, -0.1) is 11.8 Å².